The summed E-state index contributed by atoms with van der Waals surface area (Å²) >= 11 is 0. The van der Waals surface area contributed by atoms with Crippen LogP contribution >= 0.6 is 0 Å². The average Bonchev–Trinajstić information content (AvgIpc) is 3.20. The number of hydrogen-bond donors (Lipinski definition) is 1. The summed E-state index contributed by atoms with van der Waals surface area (Å²) in [6, 6.07) is 17.4. The van der Waals surface area contributed by atoms with Crippen molar-refractivity contribution in [3.63, 3.8) is 0 Å². The molecule has 0 atom stereocenters. The van der Waals surface area contributed by atoms with Crippen molar-refractivity contribution < 1.29 is 14.3 Å². The first-order valence-corrected chi connectivity index (χ1v) is 8.61. The molecule has 2 heterocycles. The van der Waals surface area contributed by atoms with Crippen molar-refractivity contribution >= 4 is 17.3 Å². The topological polar surface area (TPSA) is 63.7 Å². The van der Waals surface area contributed by atoms with Crippen molar-refractivity contribution in [2.24, 2.45) is 0 Å². The number of carbonyl (C=O) groups excluding carboxylic acids is 1. The molecule has 136 valence electrons. The summed E-state index contributed by atoms with van der Waals surface area (Å²) in [7, 11) is 1.95. The number of nitrogens with zero attached hydrogens (tertiary/aromatic N) is 2. The molecule has 1 aliphatic rings. The molecule has 1 amide bonds. The zero-order valence-corrected chi connectivity index (χ0v) is 14.9. The van der Waals surface area contributed by atoms with Gasteiger partial charge < -0.3 is 19.7 Å². The van der Waals surface area contributed by atoms with Crippen LogP contribution in [0.2, 0.25) is 0 Å². The second-order valence-electron chi connectivity index (χ2n) is 6.20. The normalized spacial score (nSPS) is 11.9. The number of amides is 1. The van der Waals surface area contributed by atoms with Crippen molar-refractivity contribution in [2.75, 3.05) is 18.7 Å². The number of para-hydroxylation sites is 1. The zero-order chi connectivity index (χ0) is 18.6. The van der Waals surface area contributed by atoms with Crippen LogP contribution in [0.15, 0.2) is 67.0 Å². The number of hydrogen-bond acceptors (Lipinski definition) is 5. The number of aromatic nitrogens is 1. The van der Waals surface area contributed by atoms with E-state index < -0.39 is 0 Å². The molecule has 0 saturated carbocycles. The van der Waals surface area contributed by atoms with Gasteiger partial charge in [-0.15, -0.1) is 0 Å². The SMILES string of the molecule is CN(c1ccccc1)c1cncc(C(=O)NCc2ccc3c(c2)OCO3)c1. The molecule has 1 aromatic heterocycles. The maximum atomic E-state index is 12.5. The number of pyridine rings is 1. The molecule has 6 nitrogen and oxygen atoms in total. The summed E-state index contributed by atoms with van der Waals surface area (Å²) in [5.74, 6) is 1.25. The highest BCUT2D eigenvalue weighted by Gasteiger charge is 2.14. The highest BCUT2D eigenvalue weighted by Crippen LogP contribution is 2.32. The minimum Gasteiger partial charge on any atom is -0.454 e. The lowest BCUT2D eigenvalue weighted by molar-refractivity contribution is 0.0950. The Labute approximate surface area is 157 Å². The molecule has 0 unspecified atom stereocenters. The highest BCUT2D eigenvalue weighted by atomic mass is 16.7. The fourth-order valence-corrected chi connectivity index (χ4v) is 2.87. The summed E-state index contributed by atoms with van der Waals surface area (Å²) in [6.45, 7) is 0.632. The van der Waals surface area contributed by atoms with Crippen LogP contribution in [0.1, 0.15) is 15.9 Å². The lowest BCUT2D eigenvalue weighted by Gasteiger charge is -2.19. The van der Waals surface area contributed by atoms with Crippen LogP contribution in [0.5, 0.6) is 11.5 Å². The van der Waals surface area contributed by atoms with Gasteiger partial charge in [0.25, 0.3) is 5.91 Å². The lowest BCUT2D eigenvalue weighted by Crippen LogP contribution is -2.23. The van der Waals surface area contributed by atoms with Crippen LogP contribution in [0.25, 0.3) is 0 Å². The van der Waals surface area contributed by atoms with Gasteiger partial charge in [-0.2, -0.15) is 0 Å². The van der Waals surface area contributed by atoms with Gasteiger partial charge in [0.05, 0.1) is 17.4 Å². The van der Waals surface area contributed by atoms with E-state index in [1.807, 2.05) is 66.5 Å². The fourth-order valence-electron chi connectivity index (χ4n) is 2.87. The molecule has 1 N–H and O–H groups in total. The van der Waals surface area contributed by atoms with Crippen LogP contribution in [-0.4, -0.2) is 24.7 Å². The molecule has 4 rings (SSSR count). The molecular weight excluding hydrogens is 342 g/mol. The van der Waals surface area contributed by atoms with Gasteiger partial charge in [0.2, 0.25) is 6.79 Å². The second kappa shape index (κ2) is 7.37. The summed E-state index contributed by atoms with van der Waals surface area (Å²) in [5.41, 5.74) is 3.32. The number of fused-ring (bicyclic) bond motifs is 1. The maximum Gasteiger partial charge on any atom is 0.253 e. The molecule has 6 heteroatoms. The van der Waals surface area contributed by atoms with Crippen LogP contribution in [-0.2, 0) is 6.54 Å². The molecule has 0 aliphatic carbocycles. The fraction of sp³-hybridized carbons (Fsp3) is 0.143. The monoisotopic (exact) mass is 361 g/mol. The van der Waals surface area contributed by atoms with Crippen LogP contribution < -0.4 is 19.7 Å². The molecule has 2 aromatic carbocycles. The van der Waals surface area contributed by atoms with E-state index >= 15 is 0 Å². The number of anilines is 2. The van der Waals surface area contributed by atoms with Crippen LogP contribution in [0.3, 0.4) is 0 Å². The van der Waals surface area contributed by atoms with Crippen molar-refractivity contribution in [2.45, 2.75) is 6.54 Å². The van der Waals surface area contributed by atoms with Crippen molar-refractivity contribution in [1.29, 1.82) is 0 Å². The van der Waals surface area contributed by atoms with E-state index in [9.17, 15) is 4.79 Å². The number of benzene rings is 2. The van der Waals surface area contributed by atoms with Gasteiger partial charge in [-0.25, -0.2) is 0 Å². The Balaban J connectivity index is 1.44. The van der Waals surface area contributed by atoms with Crippen LogP contribution in [0, 0.1) is 0 Å². The van der Waals surface area contributed by atoms with Gasteiger partial charge in [-0.05, 0) is 35.9 Å². The summed E-state index contributed by atoms with van der Waals surface area (Å²) in [5, 5.41) is 2.92. The van der Waals surface area contributed by atoms with Crippen molar-refractivity contribution in [3.8, 4) is 11.5 Å². The first-order valence-electron chi connectivity index (χ1n) is 8.61. The highest BCUT2D eigenvalue weighted by molar-refractivity contribution is 5.94. The van der Waals surface area contributed by atoms with E-state index in [2.05, 4.69) is 10.3 Å². The van der Waals surface area contributed by atoms with E-state index in [1.165, 1.54) is 0 Å². The number of rotatable bonds is 5. The van der Waals surface area contributed by atoms with Crippen molar-refractivity contribution in [3.05, 3.63) is 78.1 Å². The zero-order valence-electron chi connectivity index (χ0n) is 14.9. The van der Waals surface area contributed by atoms with Gasteiger partial charge in [0, 0.05) is 25.5 Å². The molecule has 3 aromatic rings. The molecule has 0 fully saturated rings. The Morgan fingerprint density at radius 3 is 2.70 bits per heavy atom. The summed E-state index contributed by atoms with van der Waals surface area (Å²) in [4.78, 5) is 18.7. The van der Waals surface area contributed by atoms with E-state index in [0.717, 1.165) is 22.7 Å². The minimum atomic E-state index is -0.177. The predicted octanol–water partition coefficient (Wildman–Crippen LogP) is 3.51. The molecule has 0 radical (unpaired) electrons. The third-order valence-corrected chi connectivity index (χ3v) is 4.41. The summed E-state index contributed by atoms with van der Waals surface area (Å²) < 4.78 is 10.7. The molecule has 0 saturated heterocycles. The number of carbonyl (C=O) groups is 1. The average molecular weight is 361 g/mol. The van der Waals surface area contributed by atoms with Gasteiger partial charge in [0.15, 0.2) is 11.5 Å². The standard InChI is InChI=1S/C21H19N3O3/c1-24(17-5-3-2-4-6-17)18-10-16(12-22-13-18)21(25)23-11-15-7-8-19-20(9-15)27-14-26-19/h2-10,12-13H,11,14H2,1H3,(H,23,25). The molecule has 27 heavy (non-hydrogen) atoms. The van der Waals surface area contributed by atoms with E-state index in [1.54, 1.807) is 12.4 Å². The van der Waals surface area contributed by atoms with E-state index in [0.29, 0.717) is 17.9 Å². The van der Waals surface area contributed by atoms with Gasteiger partial charge in [0.1, 0.15) is 0 Å². The van der Waals surface area contributed by atoms with E-state index in [4.69, 9.17) is 9.47 Å². The van der Waals surface area contributed by atoms with Gasteiger partial charge >= 0.3 is 0 Å². The smallest absolute Gasteiger partial charge is 0.253 e. The number of nitrogens with one attached hydrogen (secondary N) is 1. The predicted molar refractivity (Wildman–Crippen MR) is 102 cm³/mol. The lowest BCUT2D eigenvalue weighted by atomic mass is 10.2. The van der Waals surface area contributed by atoms with E-state index in [-0.39, 0.29) is 12.7 Å². The quantitative estimate of drug-likeness (QED) is 0.753. The Hall–Kier alpha value is -3.54. The molecule has 1 aliphatic heterocycles. The molecular formula is C21H19N3O3. The van der Waals surface area contributed by atoms with Crippen molar-refractivity contribution in [1.82, 2.24) is 10.3 Å². The third-order valence-electron chi connectivity index (χ3n) is 4.41. The first-order chi connectivity index (χ1) is 13.2. The minimum absolute atomic E-state index is 0.177. The second-order valence-corrected chi connectivity index (χ2v) is 6.20. The first kappa shape index (κ1) is 16.9. The van der Waals surface area contributed by atoms with Crippen LogP contribution in [0.4, 0.5) is 11.4 Å². The Morgan fingerprint density at radius 2 is 1.85 bits per heavy atom. The largest absolute Gasteiger partial charge is 0.454 e. The van der Waals surface area contributed by atoms with Gasteiger partial charge in [-0.3, -0.25) is 9.78 Å². The number of ether oxygens (including phenoxy) is 2. The summed E-state index contributed by atoms with van der Waals surface area (Å²) in [6.07, 6.45) is 3.30. The third kappa shape index (κ3) is 3.69. The Bertz CT molecular complexity index is 960. The Morgan fingerprint density at radius 1 is 1.04 bits per heavy atom. The van der Waals surface area contributed by atoms with Gasteiger partial charge in [-0.1, -0.05) is 24.3 Å². The Kier molecular flexibility index (Phi) is 4.61. The molecule has 0 bridgehead atoms. The maximum absolute atomic E-state index is 12.5. The molecule has 0 spiro atoms.